The Labute approximate surface area is 153 Å². The summed E-state index contributed by atoms with van der Waals surface area (Å²) < 4.78 is 1.81. The second-order valence-corrected chi connectivity index (χ2v) is 7.19. The topological polar surface area (TPSA) is 62.7 Å². The van der Waals surface area contributed by atoms with Gasteiger partial charge in [-0.05, 0) is 55.8 Å². The van der Waals surface area contributed by atoms with Gasteiger partial charge >= 0.3 is 0 Å². The Morgan fingerprint density at radius 1 is 1.23 bits per heavy atom. The van der Waals surface area contributed by atoms with Crippen molar-refractivity contribution in [2.45, 2.75) is 45.6 Å². The zero-order chi connectivity index (χ0) is 18.1. The quantitative estimate of drug-likeness (QED) is 0.694. The second-order valence-electron chi connectivity index (χ2n) is 7.19. The first-order valence-corrected chi connectivity index (χ1v) is 9.59. The fourth-order valence-corrected chi connectivity index (χ4v) is 4.01. The molecule has 5 nitrogen and oxygen atoms in total. The van der Waals surface area contributed by atoms with Crippen LogP contribution in [0.5, 0.6) is 0 Å². The standard InChI is InChI=1S/C21H26N4O/c1-3-11-22-13-14-7-6-8-15(12-14)19-18-16-9-4-5-10-17(16)21(26)23-20(18)25(2)24-19/h6-8,12,22H,3-5,9-11,13H2,1-2H3,(H,23,26). The third-order valence-corrected chi connectivity index (χ3v) is 5.28. The Morgan fingerprint density at radius 3 is 2.85 bits per heavy atom. The van der Waals surface area contributed by atoms with E-state index in [1.54, 1.807) is 0 Å². The lowest BCUT2D eigenvalue weighted by Gasteiger charge is -2.16. The minimum Gasteiger partial charge on any atom is -0.313 e. The van der Waals surface area contributed by atoms with Crippen LogP contribution >= 0.6 is 0 Å². The van der Waals surface area contributed by atoms with E-state index in [0.717, 1.165) is 73.0 Å². The molecule has 2 aromatic heterocycles. The van der Waals surface area contributed by atoms with Crippen molar-refractivity contribution in [3.8, 4) is 11.3 Å². The molecule has 0 spiro atoms. The van der Waals surface area contributed by atoms with Gasteiger partial charge in [0.25, 0.3) is 5.56 Å². The van der Waals surface area contributed by atoms with Crippen molar-refractivity contribution < 1.29 is 0 Å². The molecule has 0 radical (unpaired) electrons. The lowest BCUT2D eigenvalue weighted by atomic mass is 9.89. The van der Waals surface area contributed by atoms with Gasteiger partial charge in [0.1, 0.15) is 11.3 Å². The van der Waals surface area contributed by atoms with Crippen molar-refractivity contribution in [3.05, 3.63) is 51.3 Å². The van der Waals surface area contributed by atoms with Crippen LogP contribution in [-0.2, 0) is 26.4 Å². The Bertz CT molecular complexity index is 999. The monoisotopic (exact) mass is 350 g/mol. The van der Waals surface area contributed by atoms with Crippen LogP contribution in [0.1, 0.15) is 42.9 Å². The number of hydrogen-bond donors (Lipinski definition) is 2. The highest BCUT2D eigenvalue weighted by Crippen LogP contribution is 2.33. The van der Waals surface area contributed by atoms with E-state index in [0.29, 0.717) is 0 Å². The number of fused-ring (bicyclic) bond motifs is 3. The van der Waals surface area contributed by atoms with Gasteiger partial charge < -0.3 is 10.3 Å². The minimum absolute atomic E-state index is 0.0549. The third-order valence-electron chi connectivity index (χ3n) is 5.28. The zero-order valence-electron chi connectivity index (χ0n) is 15.6. The van der Waals surface area contributed by atoms with Crippen molar-refractivity contribution in [1.29, 1.82) is 0 Å². The van der Waals surface area contributed by atoms with Gasteiger partial charge in [0.15, 0.2) is 0 Å². The van der Waals surface area contributed by atoms with Crippen molar-refractivity contribution >= 4 is 11.0 Å². The van der Waals surface area contributed by atoms with Gasteiger partial charge in [-0.15, -0.1) is 0 Å². The summed E-state index contributed by atoms with van der Waals surface area (Å²) in [6, 6.07) is 8.57. The van der Waals surface area contributed by atoms with Gasteiger partial charge in [-0.3, -0.25) is 9.48 Å². The van der Waals surface area contributed by atoms with Gasteiger partial charge in [0.05, 0.1) is 0 Å². The molecular formula is C21H26N4O. The molecule has 4 rings (SSSR count). The van der Waals surface area contributed by atoms with Crippen molar-refractivity contribution in [2.24, 2.45) is 7.05 Å². The molecule has 1 aliphatic carbocycles. The van der Waals surface area contributed by atoms with Crippen LogP contribution in [0.4, 0.5) is 0 Å². The number of aromatic nitrogens is 3. The maximum absolute atomic E-state index is 12.5. The van der Waals surface area contributed by atoms with Crippen LogP contribution in [0.25, 0.3) is 22.3 Å². The maximum Gasteiger partial charge on any atom is 0.253 e. The molecule has 0 bridgehead atoms. The van der Waals surface area contributed by atoms with E-state index in [9.17, 15) is 4.79 Å². The normalized spacial score (nSPS) is 13.9. The molecule has 2 N–H and O–H groups in total. The van der Waals surface area contributed by atoms with E-state index in [1.165, 1.54) is 11.1 Å². The SMILES string of the molecule is CCCNCc1cccc(-c2nn(C)c3[nH]c(=O)c4c(c23)CCCC4)c1. The summed E-state index contributed by atoms with van der Waals surface area (Å²) in [6.45, 7) is 4.06. The van der Waals surface area contributed by atoms with Crippen LogP contribution in [0, 0.1) is 0 Å². The number of pyridine rings is 1. The largest absolute Gasteiger partial charge is 0.313 e. The number of benzene rings is 1. The number of hydrogen-bond acceptors (Lipinski definition) is 3. The summed E-state index contributed by atoms with van der Waals surface area (Å²) in [5, 5.41) is 9.36. The van der Waals surface area contributed by atoms with Crippen molar-refractivity contribution in [3.63, 3.8) is 0 Å². The highest BCUT2D eigenvalue weighted by atomic mass is 16.1. The highest BCUT2D eigenvalue weighted by Gasteiger charge is 2.22. The fourth-order valence-electron chi connectivity index (χ4n) is 4.01. The zero-order valence-corrected chi connectivity index (χ0v) is 15.6. The number of nitrogens with zero attached hydrogens (tertiary/aromatic N) is 2. The molecule has 0 amide bonds. The first-order chi connectivity index (χ1) is 12.7. The molecule has 5 heteroatoms. The molecule has 136 valence electrons. The van der Waals surface area contributed by atoms with E-state index in [2.05, 4.69) is 41.5 Å². The molecule has 1 aliphatic rings. The summed E-state index contributed by atoms with van der Waals surface area (Å²) in [5.41, 5.74) is 6.40. The van der Waals surface area contributed by atoms with E-state index in [1.807, 2.05) is 11.7 Å². The van der Waals surface area contributed by atoms with Gasteiger partial charge in [-0.25, -0.2) is 0 Å². The number of aromatic amines is 1. The van der Waals surface area contributed by atoms with E-state index < -0.39 is 0 Å². The summed E-state index contributed by atoms with van der Waals surface area (Å²) in [4.78, 5) is 15.5. The summed E-state index contributed by atoms with van der Waals surface area (Å²) >= 11 is 0. The Morgan fingerprint density at radius 2 is 2.04 bits per heavy atom. The molecule has 1 aromatic carbocycles. The Balaban J connectivity index is 1.85. The molecule has 0 fully saturated rings. The van der Waals surface area contributed by atoms with E-state index in [-0.39, 0.29) is 5.56 Å². The van der Waals surface area contributed by atoms with Crippen molar-refractivity contribution in [2.75, 3.05) is 6.54 Å². The molecular weight excluding hydrogens is 324 g/mol. The summed E-state index contributed by atoms with van der Waals surface area (Å²) in [7, 11) is 1.91. The number of rotatable bonds is 5. The molecule has 0 aliphatic heterocycles. The molecule has 0 atom stereocenters. The first-order valence-electron chi connectivity index (χ1n) is 9.59. The van der Waals surface area contributed by atoms with Gasteiger partial charge in [-0.2, -0.15) is 5.10 Å². The molecule has 26 heavy (non-hydrogen) atoms. The fraction of sp³-hybridized carbons (Fsp3) is 0.429. The summed E-state index contributed by atoms with van der Waals surface area (Å²) in [5.74, 6) is 0. The average molecular weight is 350 g/mol. The predicted octanol–water partition coefficient (Wildman–Crippen LogP) is 3.31. The second kappa shape index (κ2) is 7.08. The molecule has 0 saturated heterocycles. The predicted molar refractivity (Wildman–Crippen MR) is 105 cm³/mol. The van der Waals surface area contributed by atoms with Crippen LogP contribution in [0.3, 0.4) is 0 Å². The van der Waals surface area contributed by atoms with Gasteiger partial charge in [0, 0.05) is 30.1 Å². The van der Waals surface area contributed by atoms with Crippen LogP contribution in [-0.4, -0.2) is 21.3 Å². The molecule has 2 heterocycles. The van der Waals surface area contributed by atoms with E-state index >= 15 is 0 Å². The van der Waals surface area contributed by atoms with Crippen LogP contribution in [0.15, 0.2) is 29.1 Å². The maximum atomic E-state index is 12.5. The van der Waals surface area contributed by atoms with Gasteiger partial charge in [0.2, 0.25) is 0 Å². The molecule has 3 aromatic rings. The van der Waals surface area contributed by atoms with Gasteiger partial charge in [-0.1, -0.05) is 25.1 Å². The van der Waals surface area contributed by atoms with E-state index in [4.69, 9.17) is 5.10 Å². The Hall–Kier alpha value is -2.40. The number of H-pyrrole nitrogens is 1. The number of nitrogens with one attached hydrogen (secondary N) is 2. The van der Waals surface area contributed by atoms with Crippen molar-refractivity contribution in [1.82, 2.24) is 20.1 Å². The highest BCUT2D eigenvalue weighted by molar-refractivity contribution is 5.94. The lowest BCUT2D eigenvalue weighted by Crippen LogP contribution is -2.19. The summed E-state index contributed by atoms with van der Waals surface area (Å²) in [6.07, 6.45) is 5.20. The molecule has 0 unspecified atom stereocenters. The number of aryl methyl sites for hydroxylation is 2. The smallest absolute Gasteiger partial charge is 0.253 e. The lowest BCUT2D eigenvalue weighted by molar-refractivity contribution is 0.675. The van der Waals surface area contributed by atoms with Crippen LogP contribution in [0.2, 0.25) is 0 Å². The minimum atomic E-state index is 0.0549. The third kappa shape index (κ3) is 2.97. The first kappa shape index (κ1) is 17.0. The average Bonchev–Trinajstić information content (AvgIpc) is 2.99. The molecule has 0 saturated carbocycles. The Kier molecular flexibility index (Phi) is 4.64. The van der Waals surface area contributed by atoms with Crippen LogP contribution < -0.4 is 10.9 Å².